The first kappa shape index (κ1) is 27.7. The van der Waals surface area contributed by atoms with Crippen LogP contribution in [0.5, 0.6) is 11.5 Å². The fraction of sp³-hybridized carbons (Fsp3) is 0.185. The summed E-state index contributed by atoms with van der Waals surface area (Å²) in [5.74, 6) is -0.674. The van der Waals surface area contributed by atoms with Gasteiger partial charge in [0.1, 0.15) is 13.0 Å². The molecule has 38 heavy (non-hydrogen) atoms. The number of halogens is 3. The Labute approximate surface area is 216 Å². The van der Waals surface area contributed by atoms with Gasteiger partial charge in [-0.2, -0.15) is 23.5 Å². The molecule has 0 fully saturated rings. The number of nitrogens with one attached hydrogen (secondary N) is 2. The molecule has 0 aliphatic rings. The first-order chi connectivity index (χ1) is 18.2. The van der Waals surface area contributed by atoms with Gasteiger partial charge >= 0.3 is 6.18 Å². The van der Waals surface area contributed by atoms with Crippen LogP contribution in [0.4, 0.5) is 18.9 Å². The number of carbonyl (C=O) groups is 2. The molecule has 0 heterocycles. The predicted octanol–water partition coefficient (Wildman–Crippen LogP) is 5.03. The maximum atomic E-state index is 12.8. The number of hydrazone groups is 1. The van der Waals surface area contributed by atoms with Crippen LogP contribution in [0, 0.1) is 11.3 Å². The van der Waals surface area contributed by atoms with Crippen LogP contribution in [0.15, 0.2) is 71.8 Å². The lowest BCUT2D eigenvalue weighted by atomic mass is 10.1. The smallest absolute Gasteiger partial charge is 0.416 e. The largest absolute Gasteiger partial charge is 0.490 e. The first-order valence-corrected chi connectivity index (χ1v) is 11.4. The van der Waals surface area contributed by atoms with Crippen molar-refractivity contribution in [3.05, 3.63) is 89.0 Å². The van der Waals surface area contributed by atoms with Gasteiger partial charge in [0.05, 0.1) is 30.0 Å². The van der Waals surface area contributed by atoms with E-state index in [4.69, 9.17) is 9.47 Å². The van der Waals surface area contributed by atoms with Gasteiger partial charge in [-0.3, -0.25) is 9.59 Å². The molecule has 0 aliphatic carbocycles. The van der Waals surface area contributed by atoms with E-state index in [0.29, 0.717) is 29.2 Å². The van der Waals surface area contributed by atoms with Crippen molar-refractivity contribution < 1.29 is 32.2 Å². The van der Waals surface area contributed by atoms with Gasteiger partial charge in [0.2, 0.25) is 11.8 Å². The molecular weight excluding hydrogens is 501 g/mol. The van der Waals surface area contributed by atoms with Crippen LogP contribution in [-0.2, 0) is 22.4 Å². The highest BCUT2D eigenvalue weighted by Gasteiger charge is 2.30. The van der Waals surface area contributed by atoms with Gasteiger partial charge in [-0.05, 0) is 55.0 Å². The molecule has 0 aliphatic heterocycles. The van der Waals surface area contributed by atoms with Crippen LogP contribution in [0.1, 0.15) is 35.6 Å². The zero-order valence-electron chi connectivity index (χ0n) is 20.2. The second-order valence-electron chi connectivity index (χ2n) is 7.79. The number of alkyl halides is 3. The van der Waals surface area contributed by atoms with E-state index >= 15 is 0 Å². The maximum absolute atomic E-state index is 12.8. The highest BCUT2D eigenvalue weighted by atomic mass is 19.4. The molecular formula is C27H23F3N4O4. The minimum absolute atomic E-state index is 0.0806. The van der Waals surface area contributed by atoms with E-state index in [-0.39, 0.29) is 12.3 Å². The van der Waals surface area contributed by atoms with Gasteiger partial charge in [0, 0.05) is 11.3 Å². The van der Waals surface area contributed by atoms with Gasteiger partial charge in [-0.1, -0.05) is 24.3 Å². The zero-order chi connectivity index (χ0) is 27.5. The van der Waals surface area contributed by atoms with Crippen molar-refractivity contribution in [1.29, 1.82) is 5.26 Å². The van der Waals surface area contributed by atoms with E-state index in [1.54, 1.807) is 43.3 Å². The molecule has 0 saturated heterocycles. The van der Waals surface area contributed by atoms with Crippen molar-refractivity contribution >= 4 is 23.7 Å². The third kappa shape index (κ3) is 8.09. The molecule has 2 N–H and O–H groups in total. The highest BCUT2D eigenvalue weighted by molar-refractivity contribution is 6.03. The van der Waals surface area contributed by atoms with Crippen molar-refractivity contribution in [1.82, 2.24) is 5.43 Å². The molecule has 3 rings (SSSR count). The lowest BCUT2D eigenvalue weighted by Crippen LogP contribution is -2.24. The van der Waals surface area contributed by atoms with Crippen LogP contribution < -0.4 is 20.2 Å². The van der Waals surface area contributed by atoms with Crippen molar-refractivity contribution in [2.45, 2.75) is 26.1 Å². The van der Waals surface area contributed by atoms with Gasteiger partial charge in [0.25, 0.3) is 0 Å². The monoisotopic (exact) mass is 524 g/mol. The van der Waals surface area contributed by atoms with E-state index in [9.17, 15) is 28.0 Å². The number of anilines is 1. The summed E-state index contributed by atoms with van der Waals surface area (Å²) in [6.07, 6.45) is -3.86. The second kappa shape index (κ2) is 12.9. The van der Waals surface area contributed by atoms with E-state index in [1.807, 2.05) is 6.07 Å². The van der Waals surface area contributed by atoms with Crippen LogP contribution >= 0.6 is 0 Å². The zero-order valence-corrected chi connectivity index (χ0v) is 20.2. The quantitative estimate of drug-likeness (QED) is 0.219. The first-order valence-electron chi connectivity index (χ1n) is 11.4. The average Bonchev–Trinajstić information content (AvgIpc) is 2.88. The molecule has 196 valence electrons. The molecule has 0 atom stereocenters. The fourth-order valence-electron chi connectivity index (χ4n) is 3.25. The summed E-state index contributed by atoms with van der Waals surface area (Å²) < 4.78 is 49.9. The summed E-state index contributed by atoms with van der Waals surface area (Å²) in [5, 5.41) is 15.3. The molecule has 0 aromatic heterocycles. The summed E-state index contributed by atoms with van der Waals surface area (Å²) in [7, 11) is 0. The number of ether oxygens (including phenoxy) is 2. The Hall–Kier alpha value is -4.85. The van der Waals surface area contributed by atoms with Gasteiger partial charge in [-0.15, -0.1) is 0 Å². The Balaban J connectivity index is 1.56. The second-order valence-corrected chi connectivity index (χ2v) is 7.79. The highest BCUT2D eigenvalue weighted by Crippen LogP contribution is 2.31. The number of nitrogens with zero attached hydrogens (tertiary/aromatic N) is 2. The summed E-state index contributed by atoms with van der Waals surface area (Å²) in [6, 6.07) is 18.3. The molecule has 0 unspecified atom stereocenters. The van der Waals surface area contributed by atoms with E-state index < -0.39 is 30.0 Å². The Kier molecular flexibility index (Phi) is 9.42. The summed E-state index contributed by atoms with van der Waals surface area (Å²) in [4.78, 5) is 24.0. The van der Waals surface area contributed by atoms with Crippen LogP contribution in [0.25, 0.3) is 0 Å². The Morgan fingerprint density at radius 1 is 1.00 bits per heavy atom. The fourth-order valence-corrected chi connectivity index (χ4v) is 3.25. The molecule has 3 aromatic carbocycles. The topological polar surface area (TPSA) is 113 Å². The molecule has 0 bridgehead atoms. The number of carbonyl (C=O) groups excluding carboxylic acids is 2. The van der Waals surface area contributed by atoms with Crippen molar-refractivity contribution in [2.24, 2.45) is 5.10 Å². The average molecular weight is 524 g/mol. The number of nitriles is 1. The Morgan fingerprint density at radius 3 is 2.53 bits per heavy atom. The number of amides is 2. The third-order valence-electron chi connectivity index (χ3n) is 4.99. The number of hydrogen-bond acceptors (Lipinski definition) is 6. The van der Waals surface area contributed by atoms with Gasteiger partial charge in [-0.25, -0.2) is 5.43 Å². The summed E-state index contributed by atoms with van der Waals surface area (Å²) in [5.41, 5.74) is 2.99. The minimum Gasteiger partial charge on any atom is -0.490 e. The normalized spacial score (nSPS) is 11.0. The van der Waals surface area contributed by atoms with Crippen molar-refractivity contribution in [3.63, 3.8) is 0 Å². The lowest BCUT2D eigenvalue weighted by molar-refractivity contribution is -0.137. The van der Waals surface area contributed by atoms with Crippen molar-refractivity contribution in [2.75, 3.05) is 11.9 Å². The van der Waals surface area contributed by atoms with Gasteiger partial charge < -0.3 is 14.8 Å². The Bertz CT molecular complexity index is 1370. The molecule has 0 radical (unpaired) electrons. The third-order valence-corrected chi connectivity index (χ3v) is 4.99. The van der Waals surface area contributed by atoms with E-state index in [0.717, 1.165) is 23.8 Å². The number of rotatable bonds is 10. The standard InChI is InChI=1S/C27H23F3N4O4/c1-2-37-24-12-18(10-11-23(24)38-17-20-7-4-3-6-19(20)15-31)16-32-34-26(36)14-25(35)33-22-9-5-8-21(13-22)27(28,29)30/h3-13,16H,2,14,17H2,1H3,(H,33,35)(H,34,36). The predicted molar refractivity (Wildman–Crippen MR) is 134 cm³/mol. The maximum Gasteiger partial charge on any atom is 0.416 e. The number of hydrogen-bond donors (Lipinski definition) is 2. The number of benzene rings is 3. The summed E-state index contributed by atoms with van der Waals surface area (Å²) >= 11 is 0. The van der Waals surface area contributed by atoms with Crippen LogP contribution in [0.2, 0.25) is 0 Å². The molecule has 8 nitrogen and oxygen atoms in total. The van der Waals surface area contributed by atoms with Crippen LogP contribution in [-0.4, -0.2) is 24.6 Å². The van der Waals surface area contributed by atoms with Gasteiger partial charge in [0.15, 0.2) is 11.5 Å². The van der Waals surface area contributed by atoms with E-state index in [1.165, 1.54) is 12.3 Å². The van der Waals surface area contributed by atoms with E-state index in [2.05, 4.69) is 21.9 Å². The molecule has 11 heteroatoms. The minimum atomic E-state index is -4.55. The molecule has 0 spiro atoms. The van der Waals surface area contributed by atoms with Crippen molar-refractivity contribution in [3.8, 4) is 17.6 Å². The Morgan fingerprint density at radius 2 is 1.79 bits per heavy atom. The lowest BCUT2D eigenvalue weighted by Gasteiger charge is -2.13. The summed E-state index contributed by atoms with van der Waals surface area (Å²) in [6.45, 7) is 2.33. The molecule has 3 aromatic rings. The van der Waals surface area contributed by atoms with Crippen LogP contribution in [0.3, 0.4) is 0 Å². The molecule has 0 saturated carbocycles. The molecule has 2 amide bonds. The SMILES string of the molecule is CCOc1cc(C=NNC(=O)CC(=O)Nc2cccc(C(F)(F)F)c2)ccc1OCc1ccccc1C#N.